The standard InChI is InChI=1S/C19H26N4O3/c1-5-6-9-21-17-15(12(2)22-19(20)23-17)10-13-7-8-14(18(24)26-4)11-16(13)25-3/h7-8,11H,5-6,9-10H2,1-4H3,(H3,20,21,22,23). The second-order valence-corrected chi connectivity index (χ2v) is 5.97. The summed E-state index contributed by atoms with van der Waals surface area (Å²) in [6, 6.07) is 5.26. The molecule has 0 aliphatic heterocycles. The minimum absolute atomic E-state index is 0.248. The van der Waals surface area contributed by atoms with E-state index in [9.17, 15) is 4.79 Å². The van der Waals surface area contributed by atoms with Gasteiger partial charge in [0.15, 0.2) is 0 Å². The van der Waals surface area contributed by atoms with E-state index in [0.29, 0.717) is 17.7 Å². The maximum absolute atomic E-state index is 11.7. The van der Waals surface area contributed by atoms with Gasteiger partial charge in [-0.2, -0.15) is 4.98 Å². The highest BCUT2D eigenvalue weighted by atomic mass is 16.5. The van der Waals surface area contributed by atoms with Crippen LogP contribution in [0.25, 0.3) is 0 Å². The summed E-state index contributed by atoms with van der Waals surface area (Å²) in [6.45, 7) is 4.86. The van der Waals surface area contributed by atoms with E-state index >= 15 is 0 Å². The van der Waals surface area contributed by atoms with Gasteiger partial charge in [-0.15, -0.1) is 0 Å². The molecule has 7 heteroatoms. The second-order valence-electron chi connectivity index (χ2n) is 5.97. The number of hydrogen-bond acceptors (Lipinski definition) is 7. The van der Waals surface area contributed by atoms with E-state index in [1.54, 1.807) is 19.2 Å². The van der Waals surface area contributed by atoms with Crippen LogP contribution in [0.3, 0.4) is 0 Å². The number of nitrogens with two attached hydrogens (primary N) is 1. The number of ether oxygens (including phenoxy) is 2. The molecular formula is C19H26N4O3. The Labute approximate surface area is 153 Å². The van der Waals surface area contributed by atoms with Crippen LogP contribution in [-0.2, 0) is 11.2 Å². The Hall–Kier alpha value is -2.83. The maximum atomic E-state index is 11.7. The van der Waals surface area contributed by atoms with E-state index in [2.05, 4.69) is 22.2 Å². The molecule has 0 bridgehead atoms. The van der Waals surface area contributed by atoms with Crippen molar-refractivity contribution in [2.24, 2.45) is 0 Å². The summed E-state index contributed by atoms with van der Waals surface area (Å²) in [6.07, 6.45) is 2.69. The van der Waals surface area contributed by atoms with Crippen LogP contribution in [0.4, 0.5) is 11.8 Å². The fraction of sp³-hybridized carbons (Fsp3) is 0.421. The molecule has 0 aliphatic rings. The van der Waals surface area contributed by atoms with Crippen LogP contribution in [0.2, 0.25) is 0 Å². The Morgan fingerprint density at radius 1 is 1.27 bits per heavy atom. The van der Waals surface area contributed by atoms with Crippen LogP contribution in [0, 0.1) is 6.92 Å². The molecule has 2 rings (SSSR count). The Kier molecular flexibility index (Phi) is 6.77. The minimum Gasteiger partial charge on any atom is -0.496 e. The van der Waals surface area contributed by atoms with E-state index in [1.165, 1.54) is 7.11 Å². The Morgan fingerprint density at radius 3 is 2.69 bits per heavy atom. The lowest BCUT2D eigenvalue weighted by molar-refractivity contribution is 0.0600. The molecule has 0 fully saturated rings. The number of rotatable bonds is 8. The third-order valence-corrected chi connectivity index (χ3v) is 4.13. The molecule has 2 aromatic rings. The number of unbranched alkanes of at least 4 members (excludes halogenated alkanes) is 1. The SMILES string of the molecule is CCCCNc1nc(N)nc(C)c1Cc1ccc(C(=O)OC)cc1OC. The largest absolute Gasteiger partial charge is 0.496 e. The molecule has 1 aromatic carbocycles. The quantitative estimate of drug-likeness (QED) is 0.553. The Bertz CT molecular complexity index is 778. The monoisotopic (exact) mass is 358 g/mol. The van der Waals surface area contributed by atoms with Crippen LogP contribution < -0.4 is 15.8 Å². The average Bonchev–Trinajstić information content (AvgIpc) is 2.63. The summed E-state index contributed by atoms with van der Waals surface area (Å²) in [5, 5.41) is 3.35. The van der Waals surface area contributed by atoms with Crippen LogP contribution in [-0.4, -0.2) is 36.7 Å². The van der Waals surface area contributed by atoms with E-state index in [-0.39, 0.29) is 5.95 Å². The molecule has 3 N–H and O–H groups in total. The van der Waals surface area contributed by atoms with E-state index < -0.39 is 5.97 Å². The average molecular weight is 358 g/mol. The van der Waals surface area contributed by atoms with E-state index in [1.807, 2.05) is 13.0 Å². The van der Waals surface area contributed by atoms with Gasteiger partial charge in [-0.1, -0.05) is 19.4 Å². The lowest BCUT2D eigenvalue weighted by Gasteiger charge is -2.16. The zero-order valence-corrected chi connectivity index (χ0v) is 15.8. The highest BCUT2D eigenvalue weighted by molar-refractivity contribution is 5.90. The van der Waals surface area contributed by atoms with E-state index in [4.69, 9.17) is 15.2 Å². The van der Waals surface area contributed by atoms with Gasteiger partial charge in [0.2, 0.25) is 5.95 Å². The molecule has 1 heterocycles. The Balaban J connectivity index is 2.36. The zero-order valence-electron chi connectivity index (χ0n) is 15.8. The summed E-state index contributed by atoms with van der Waals surface area (Å²) in [5.41, 5.74) is 8.96. The molecule has 26 heavy (non-hydrogen) atoms. The molecule has 0 amide bonds. The number of esters is 1. The number of hydrogen-bond donors (Lipinski definition) is 2. The number of nitrogens with zero attached hydrogens (tertiary/aromatic N) is 2. The number of benzene rings is 1. The number of anilines is 2. The molecule has 7 nitrogen and oxygen atoms in total. The van der Waals surface area contributed by atoms with Crippen molar-refractivity contribution in [3.05, 3.63) is 40.6 Å². The summed E-state index contributed by atoms with van der Waals surface area (Å²) in [4.78, 5) is 20.4. The second kappa shape index (κ2) is 9.03. The smallest absolute Gasteiger partial charge is 0.337 e. The van der Waals surface area contributed by atoms with Crippen molar-refractivity contribution in [2.75, 3.05) is 31.8 Å². The Morgan fingerprint density at radius 2 is 2.04 bits per heavy atom. The highest BCUT2D eigenvalue weighted by Crippen LogP contribution is 2.27. The number of nitrogens with one attached hydrogen (secondary N) is 1. The number of methoxy groups -OCH3 is 2. The van der Waals surface area contributed by atoms with Crippen molar-refractivity contribution in [2.45, 2.75) is 33.1 Å². The van der Waals surface area contributed by atoms with Gasteiger partial charge in [0, 0.05) is 24.2 Å². The first kappa shape index (κ1) is 19.5. The third kappa shape index (κ3) is 4.62. The van der Waals surface area contributed by atoms with E-state index in [0.717, 1.165) is 42.0 Å². The first-order valence-corrected chi connectivity index (χ1v) is 8.62. The molecule has 0 saturated heterocycles. The van der Waals surface area contributed by atoms with Crippen molar-refractivity contribution in [1.82, 2.24) is 9.97 Å². The number of aryl methyl sites for hydroxylation is 1. The van der Waals surface area contributed by atoms with Crippen molar-refractivity contribution < 1.29 is 14.3 Å². The van der Waals surface area contributed by atoms with Gasteiger partial charge < -0.3 is 20.5 Å². The topological polar surface area (TPSA) is 99.4 Å². The van der Waals surface area contributed by atoms with Gasteiger partial charge in [0.25, 0.3) is 0 Å². The summed E-state index contributed by atoms with van der Waals surface area (Å²) < 4.78 is 10.2. The molecule has 0 spiro atoms. The highest BCUT2D eigenvalue weighted by Gasteiger charge is 2.16. The summed E-state index contributed by atoms with van der Waals surface area (Å²) in [7, 11) is 2.93. The van der Waals surface area contributed by atoms with Gasteiger partial charge in [-0.05, 0) is 31.0 Å². The molecule has 140 valence electrons. The number of aromatic nitrogens is 2. The minimum atomic E-state index is -0.399. The first-order valence-electron chi connectivity index (χ1n) is 8.62. The van der Waals surface area contributed by atoms with Crippen LogP contribution in [0.15, 0.2) is 18.2 Å². The lowest BCUT2D eigenvalue weighted by Crippen LogP contribution is -2.12. The first-order chi connectivity index (χ1) is 12.5. The third-order valence-electron chi connectivity index (χ3n) is 4.13. The maximum Gasteiger partial charge on any atom is 0.337 e. The zero-order chi connectivity index (χ0) is 19.1. The van der Waals surface area contributed by atoms with Gasteiger partial charge in [-0.25, -0.2) is 9.78 Å². The summed E-state index contributed by atoms with van der Waals surface area (Å²) >= 11 is 0. The molecule has 1 aromatic heterocycles. The molecule has 0 aliphatic carbocycles. The molecule has 0 atom stereocenters. The molecule has 0 saturated carbocycles. The van der Waals surface area contributed by atoms with Crippen molar-refractivity contribution in [1.29, 1.82) is 0 Å². The molecular weight excluding hydrogens is 332 g/mol. The van der Waals surface area contributed by atoms with Crippen LogP contribution >= 0.6 is 0 Å². The fourth-order valence-electron chi connectivity index (χ4n) is 2.68. The van der Waals surface area contributed by atoms with Gasteiger partial charge in [0.05, 0.1) is 19.8 Å². The van der Waals surface area contributed by atoms with Crippen molar-refractivity contribution in [3.8, 4) is 5.75 Å². The predicted molar refractivity (Wildman–Crippen MR) is 102 cm³/mol. The van der Waals surface area contributed by atoms with Crippen molar-refractivity contribution >= 4 is 17.7 Å². The number of carbonyl (C=O) groups is 1. The van der Waals surface area contributed by atoms with Gasteiger partial charge >= 0.3 is 5.97 Å². The van der Waals surface area contributed by atoms with Crippen molar-refractivity contribution in [3.63, 3.8) is 0 Å². The number of carbonyl (C=O) groups excluding carboxylic acids is 1. The van der Waals surface area contributed by atoms with Gasteiger partial charge in [-0.3, -0.25) is 0 Å². The molecule has 0 radical (unpaired) electrons. The van der Waals surface area contributed by atoms with Crippen LogP contribution in [0.5, 0.6) is 5.75 Å². The predicted octanol–water partition coefficient (Wildman–Crippen LogP) is 2.97. The van der Waals surface area contributed by atoms with Crippen LogP contribution in [0.1, 0.15) is 46.9 Å². The number of nitrogen functional groups attached to an aromatic ring is 1. The summed E-state index contributed by atoms with van der Waals surface area (Å²) in [5.74, 6) is 1.20. The van der Waals surface area contributed by atoms with Gasteiger partial charge in [0.1, 0.15) is 11.6 Å². The molecule has 0 unspecified atom stereocenters. The fourth-order valence-corrected chi connectivity index (χ4v) is 2.68. The normalized spacial score (nSPS) is 10.5. The lowest BCUT2D eigenvalue weighted by atomic mass is 10.0.